The molecule has 0 unspecified atom stereocenters. The molecule has 5 heteroatoms. The lowest BCUT2D eigenvalue weighted by Gasteiger charge is -2.35. The van der Waals surface area contributed by atoms with Gasteiger partial charge in [0, 0.05) is 24.3 Å². The number of hydrogen-bond acceptors (Lipinski definition) is 3. The number of H-pyrrole nitrogens is 1. The first-order valence-electron chi connectivity index (χ1n) is 8.75. The summed E-state index contributed by atoms with van der Waals surface area (Å²) in [6.45, 7) is 6.24. The first-order chi connectivity index (χ1) is 10.9. The van der Waals surface area contributed by atoms with Gasteiger partial charge in [0.15, 0.2) is 0 Å². The summed E-state index contributed by atoms with van der Waals surface area (Å²) in [6, 6.07) is 4.25. The third-order valence-electron chi connectivity index (χ3n) is 5.49. The average Bonchev–Trinajstić information content (AvgIpc) is 3.01. The summed E-state index contributed by atoms with van der Waals surface area (Å²) in [7, 11) is 0. The molecule has 2 aromatic rings. The van der Waals surface area contributed by atoms with Crippen LogP contribution in [0.3, 0.4) is 0 Å². The fraction of sp³-hybridized carbons (Fsp3) is 0.611. The fourth-order valence-corrected chi connectivity index (χ4v) is 4.17. The molecule has 2 aliphatic heterocycles. The molecule has 0 amide bonds. The molecule has 0 aromatic carbocycles. The van der Waals surface area contributed by atoms with E-state index >= 15 is 0 Å². The van der Waals surface area contributed by atoms with Crippen molar-refractivity contribution in [1.29, 1.82) is 0 Å². The molecule has 0 atom stereocenters. The van der Waals surface area contributed by atoms with E-state index < -0.39 is 0 Å². The van der Waals surface area contributed by atoms with Gasteiger partial charge in [0.25, 0.3) is 0 Å². The molecule has 126 valence electrons. The molecule has 4 heterocycles. The van der Waals surface area contributed by atoms with Crippen molar-refractivity contribution in [3.05, 3.63) is 30.1 Å². The zero-order valence-corrected chi connectivity index (χ0v) is 14.4. The molecule has 0 bridgehead atoms. The normalized spacial score (nSPS) is 21.4. The number of nitrogens with zero attached hydrogens (tertiary/aromatic N) is 2. The molecule has 4 rings (SSSR count). The highest BCUT2D eigenvalue weighted by Gasteiger charge is 2.25. The molecule has 0 radical (unpaired) electrons. The topological polar surface area (TPSA) is 44.0 Å². The molecule has 2 fully saturated rings. The second kappa shape index (κ2) is 7.65. The van der Waals surface area contributed by atoms with Crippen molar-refractivity contribution in [2.45, 2.75) is 31.6 Å². The maximum atomic E-state index is 4.42. The zero-order chi connectivity index (χ0) is 14.8. The smallest absolute Gasteiger partial charge is 0.137 e. The van der Waals surface area contributed by atoms with E-state index in [1.54, 1.807) is 0 Å². The van der Waals surface area contributed by atoms with Crippen molar-refractivity contribution in [2.24, 2.45) is 5.92 Å². The average molecular weight is 335 g/mol. The van der Waals surface area contributed by atoms with Gasteiger partial charge in [-0.3, -0.25) is 0 Å². The molecule has 0 spiro atoms. The second-order valence-electron chi connectivity index (χ2n) is 6.91. The van der Waals surface area contributed by atoms with Crippen molar-refractivity contribution >= 4 is 23.4 Å². The summed E-state index contributed by atoms with van der Waals surface area (Å²) < 4.78 is 0. The molecule has 2 N–H and O–H groups in total. The Labute approximate surface area is 144 Å². The molecule has 0 aliphatic carbocycles. The van der Waals surface area contributed by atoms with Gasteiger partial charge in [-0.25, -0.2) is 4.98 Å². The van der Waals surface area contributed by atoms with Crippen LogP contribution < -0.4 is 5.32 Å². The van der Waals surface area contributed by atoms with Crippen molar-refractivity contribution < 1.29 is 0 Å². The number of fused-ring (bicyclic) bond motifs is 1. The standard InChI is InChI=1S/C18H26N4.ClH/c1-2-16-17(12-21-18(16)20-7-1)15-5-10-22(11-6-15)13-14-3-8-19-9-4-14;/h1-2,7,12,14-15,19H,3-6,8-11,13H2,(H,20,21);1H. The summed E-state index contributed by atoms with van der Waals surface area (Å²) in [6.07, 6.45) is 9.33. The van der Waals surface area contributed by atoms with E-state index in [9.17, 15) is 0 Å². The Morgan fingerprint density at radius 1 is 1.13 bits per heavy atom. The monoisotopic (exact) mass is 334 g/mol. The molecule has 2 saturated heterocycles. The molecule has 2 aromatic heterocycles. The maximum Gasteiger partial charge on any atom is 0.137 e. The Hall–Kier alpha value is -1.10. The Kier molecular flexibility index (Phi) is 5.57. The van der Waals surface area contributed by atoms with Gasteiger partial charge in [-0.05, 0) is 81.4 Å². The highest BCUT2D eigenvalue weighted by atomic mass is 35.5. The molecular weight excluding hydrogens is 308 g/mol. The van der Waals surface area contributed by atoms with Crippen LogP contribution in [0.1, 0.15) is 37.2 Å². The van der Waals surface area contributed by atoms with Crippen LogP contribution in [-0.4, -0.2) is 47.6 Å². The maximum absolute atomic E-state index is 4.42. The highest BCUT2D eigenvalue weighted by molar-refractivity contribution is 5.85. The van der Waals surface area contributed by atoms with E-state index in [0.717, 1.165) is 11.6 Å². The van der Waals surface area contributed by atoms with E-state index in [0.29, 0.717) is 5.92 Å². The minimum absolute atomic E-state index is 0. The number of nitrogens with one attached hydrogen (secondary N) is 2. The summed E-state index contributed by atoms with van der Waals surface area (Å²) in [5, 5.41) is 4.79. The van der Waals surface area contributed by atoms with Crippen molar-refractivity contribution in [3.63, 3.8) is 0 Å². The van der Waals surface area contributed by atoms with Crippen LogP contribution in [0.2, 0.25) is 0 Å². The van der Waals surface area contributed by atoms with Crippen molar-refractivity contribution in [1.82, 2.24) is 20.2 Å². The fourth-order valence-electron chi connectivity index (χ4n) is 4.17. The summed E-state index contributed by atoms with van der Waals surface area (Å²) in [4.78, 5) is 10.4. The Morgan fingerprint density at radius 2 is 1.91 bits per heavy atom. The van der Waals surface area contributed by atoms with Crippen molar-refractivity contribution in [3.8, 4) is 0 Å². The number of aromatic nitrogens is 2. The Morgan fingerprint density at radius 3 is 2.70 bits per heavy atom. The van der Waals surface area contributed by atoms with Crippen LogP contribution in [-0.2, 0) is 0 Å². The highest BCUT2D eigenvalue weighted by Crippen LogP contribution is 2.33. The van der Waals surface area contributed by atoms with Gasteiger partial charge in [0.1, 0.15) is 5.65 Å². The third kappa shape index (κ3) is 3.70. The predicted molar refractivity (Wildman–Crippen MR) is 97.4 cm³/mol. The van der Waals surface area contributed by atoms with Crippen LogP contribution in [0.15, 0.2) is 24.5 Å². The number of aromatic amines is 1. The van der Waals surface area contributed by atoms with Gasteiger partial charge in [-0.15, -0.1) is 12.4 Å². The van der Waals surface area contributed by atoms with E-state index in [2.05, 4.69) is 32.4 Å². The van der Waals surface area contributed by atoms with Crippen LogP contribution in [0.5, 0.6) is 0 Å². The first kappa shape index (κ1) is 16.7. The number of rotatable bonds is 3. The van der Waals surface area contributed by atoms with Gasteiger partial charge in [-0.2, -0.15) is 0 Å². The number of piperidine rings is 2. The largest absolute Gasteiger partial charge is 0.346 e. The number of pyridine rings is 1. The quantitative estimate of drug-likeness (QED) is 0.906. The predicted octanol–water partition coefficient (Wildman–Crippen LogP) is 3.16. The minimum atomic E-state index is 0. The van der Waals surface area contributed by atoms with Gasteiger partial charge >= 0.3 is 0 Å². The molecular formula is C18H27ClN4. The minimum Gasteiger partial charge on any atom is -0.346 e. The molecule has 23 heavy (non-hydrogen) atoms. The summed E-state index contributed by atoms with van der Waals surface area (Å²) in [5.74, 6) is 1.61. The molecule has 0 saturated carbocycles. The van der Waals surface area contributed by atoms with Crippen LogP contribution >= 0.6 is 12.4 Å². The lowest BCUT2D eigenvalue weighted by molar-refractivity contribution is 0.167. The van der Waals surface area contributed by atoms with E-state index in [4.69, 9.17) is 0 Å². The summed E-state index contributed by atoms with van der Waals surface area (Å²) in [5.41, 5.74) is 2.51. The van der Waals surface area contributed by atoms with E-state index in [-0.39, 0.29) is 12.4 Å². The van der Waals surface area contributed by atoms with E-state index in [1.165, 1.54) is 69.4 Å². The van der Waals surface area contributed by atoms with Crippen LogP contribution in [0.4, 0.5) is 0 Å². The molecule has 2 aliphatic rings. The van der Waals surface area contributed by atoms with Gasteiger partial charge < -0.3 is 15.2 Å². The number of likely N-dealkylation sites (tertiary alicyclic amines) is 1. The van der Waals surface area contributed by atoms with Gasteiger partial charge in [0.05, 0.1) is 0 Å². The van der Waals surface area contributed by atoms with Gasteiger partial charge in [-0.1, -0.05) is 0 Å². The first-order valence-corrected chi connectivity index (χ1v) is 8.75. The van der Waals surface area contributed by atoms with Crippen LogP contribution in [0.25, 0.3) is 11.0 Å². The SMILES string of the molecule is Cl.c1cnc2[nH]cc(C3CCN(CC4CCNCC4)CC3)c2c1. The molecule has 4 nitrogen and oxygen atoms in total. The van der Waals surface area contributed by atoms with E-state index in [1.807, 2.05) is 12.3 Å². The van der Waals surface area contributed by atoms with Crippen molar-refractivity contribution in [2.75, 3.05) is 32.7 Å². The second-order valence-corrected chi connectivity index (χ2v) is 6.91. The van der Waals surface area contributed by atoms with Crippen LogP contribution in [0, 0.1) is 5.92 Å². The Bertz CT molecular complexity index is 612. The number of hydrogen-bond donors (Lipinski definition) is 2. The number of halogens is 1. The third-order valence-corrected chi connectivity index (χ3v) is 5.49. The summed E-state index contributed by atoms with van der Waals surface area (Å²) >= 11 is 0. The zero-order valence-electron chi connectivity index (χ0n) is 13.6. The lowest BCUT2D eigenvalue weighted by Crippen LogP contribution is -2.39. The Balaban J connectivity index is 0.00000156. The van der Waals surface area contributed by atoms with Gasteiger partial charge in [0.2, 0.25) is 0 Å². The lowest BCUT2D eigenvalue weighted by atomic mass is 9.88.